The number of fused-ring (bicyclic) bond motifs is 1. The van der Waals surface area contributed by atoms with Gasteiger partial charge >= 0.3 is 12.1 Å². The second kappa shape index (κ2) is 7.95. The first kappa shape index (κ1) is 19.8. The zero-order valence-electron chi connectivity index (χ0n) is 16.5. The number of imide groups is 1. The fourth-order valence-electron chi connectivity index (χ4n) is 3.58. The van der Waals surface area contributed by atoms with Gasteiger partial charge in [-0.1, -0.05) is 0 Å². The molecule has 9 heteroatoms. The summed E-state index contributed by atoms with van der Waals surface area (Å²) in [7, 11) is 3.02. The Morgan fingerprint density at radius 3 is 2.36 bits per heavy atom. The second-order valence-electron chi connectivity index (χ2n) is 7.23. The molecule has 0 saturated carbocycles. The van der Waals surface area contributed by atoms with Crippen LogP contribution in [0.15, 0.2) is 18.2 Å². The summed E-state index contributed by atoms with van der Waals surface area (Å²) in [6, 6.07) is 3.56. The molecular formula is C19H26N4O5. The van der Waals surface area contributed by atoms with Gasteiger partial charge in [-0.15, -0.1) is 0 Å². The molecule has 0 spiro atoms. The van der Waals surface area contributed by atoms with Crippen molar-refractivity contribution >= 4 is 23.7 Å². The Hall–Kier alpha value is -2.97. The average Bonchev–Trinajstić information content (AvgIpc) is 2.90. The zero-order chi connectivity index (χ0) is 20.4. The molecule has 0 aliphatic carbocycles. The highest BCUT2D eigenvalue weighted by atomic mass is 16.5. The van der Waals surface area contributed by atoms with Crippen molar-refractivity contribution in [1.29, 1.82) is 0 Å². The molecule has 1 aromatic carbocycles. The fraction of sp³-hybridized carbons (Fsp3) is 0.526. The molecule has 3 rings (SSSR count). The van der Waals surface area contributed by atoms with Gasteiger partial charge in [-0.2, -0.15) is 0 Å². The maximum absolute atomic E-state index is 13.0. The van der Waals surface area contributed by atoms with Crippen LogP contribution in [0.25, 0.3) is 0 Å². The van der Waals surface area contributed by atoms with Crippen molar-refractivity contribution in [2.75, 3.05) is 25.7 Å². The van der Waals surface area contributed by atoms with Crippen molar-refractivity contribution in [3.8, 4) is 11.5 Å². The van der Waals surface area contributed by atoms with Crippen molar-refractivity contribution in [3.05, 3.63) is 18.2 Å². The topological polar surface area (TPSA) is 100 Å². The number of nitrogens with zero attached hydrogens (tertiary/aromatic N) is 2. The van der Waals surface area contributed by atoms with E-state index in [0.29, 0.717) is 36.6 Å². The highest BCUT2D eigenvalue weighted by Gasteiger charge is 2.49. The predicted octanol–water partition coefficient (Wildman–Crippen LogP) is 1.71. The van der Waals surface area contributed by atoms with Crippen molar-refractivity contribution in [2.45, 2.75) is 44.8 Å². The number of rotatable bonds is 5. The number of piperidine rings is 1. The van der Waals surface area contributed by atoms with E-state index in [0.717, 1.165) is 4.90 Å². The molecule has 0 aromatic heterocycles. The molecule has 2 fully saturated rings. The molecule has 2 aliphatic rings. The maximum Gasteiger partial charge on any atom is 0.332 e. The Morgan fingerprint density at radius 1 is 1.14 bits per heavy atom. The first-order chi connectivity index (χ1) is 13.3. The summed E-state index contributed by atoms with van der Waals surface area (Å²) < 4.78 is 10.5. The van der Waals surface area contributed by atoms with Crippen LogP contribution in [0, 0.1) is 0 Å². The summed E-state index contributed by atoms with van der Waals surface area (Å²) in [5.41, 5.74) is 0.405. The molecule has 0 radical (unpaired) electrons. The van der Waals surface area contributed by atoms with Gasteiger partial charge in [0.2, 0.25) is 0 Å². The van der Waals surface area contributed by atoms with Crippen LogP contribution in [-0.4, -0.2) is 61.8 Å². The van der Waals surface area contributed by atoms with Gasteiger partial charge in [0.15, 0.2) is 0 Å². The summed E-state index contributed by atoms with van der Waals surface area (Å²) in [6.45, 7) is 4.16. The number of amides is 5. The van der Waals surface area contributed by atoms with E-state index in [1.165, 1.54) is 14.2 Å². The average molecular weight is 390 g/mol. The third kappa shape index (κ3) is 3.83. The normalized spacial score (nSPS) is 21.6. The number of anilines is 1. The largest absolute Gasteiger partial charge is 0.497 e. The van der Waals surface area contributed by atoms with Crippen molar-refractivity contribution in [1.82, 2.24) is 15.5 Å². The number of hydrogen-bond acceptors (Lipinski definition) is 5. The minimum Gasteiger partial charge on any atom is -0.497 e. The summed E-state index contributed by atoms with van der Waals surface area (Å²) in [5, 5.41) is 5.67. The predicted molar refractivity (Wildman–Crippen MR) is 103 cm³/mol. The number of benzene rings is 1. The van der Waals surface area contributed by atoms with Crippen molar-refractivity contribution in [2.24, 2.45) is 0 Å². The third-order valence-corrected chi connectivity index (χ3v) is 4.89. The van der Waals surface area contributed by atoms with Gasteiger partial charge in [0, 0.05) is 36.8 Å². The molecule has 9 nitrogen and oxygen atoms in total. The van der Waals surface area contributed by atoms with Gasteiger partial charge in [-0.25, -0.2) is 14.5 Å². The first-order valence-electron chi connectivity index (χ1n) is 9.28. The van der Waals surface area contributed by atoms with Gasteiger partial charge in [-0.05, 0) is 26.7 Å². The molecule has 0 unspecified atom stereocenters. The summed E-state index contributed by atoms with van der Waals surface area (Å²) in [5.74, 6) is 0.672. The van der Waals surface area contributed by atoms with Crippen LogP contribution < -0.4 is 25.0 Å². The van der Waals surface area contributed by atoms with Gasteiger partial charge in [0.05, 0.1) is 19.9 Å². The molecule has 1 aromatic rings. The number of carbonyl (C=O) groups excluding carboxylic acids is 3. The summed E-state index contributed by atoms with van der Waals surface area (Å²) in [6.07, 6.45) is 0.976. The molecule has 28 heavy (non-hydrogen) atoms. The molecular weight excluding hydrogens is 364 g/mol. The molecule has 5 amide bonds. The van der Waals surface area contributed by atoms with Gasteiger partial charge in [0.25, 0.3) is 5.91 Å². The van der Waals surface area contributed by atoms with Crippen molar-refractivity contribution in [3.63, 3.8) is 0 Å². The highest BCUT2D eigenvalue weighted by Crippen LogP contribution is 2.35. The van der Waals surface area contributed by atoms with Crippen LogP contribution in [0.1, 0.15) is 26.7 Å². The minimum absolute atomic E-state index is 0.0216. The number of urea groups is 2. The van der Waals surface area contributed by atoms with Crippen LogP contribution >= 0.6 is 0 Å². The number of methoxy groups -OCH3 is 2. The van der Waals surface area contributed by atoms with E-state index in [2.05, 4.69) is 10.6 Å². The quantitative estimate of drug-likeness (QED) is 0.746. The first-order valence-corrected chi connectivity index (χ1v) is 9.28. The Labute approximate surface area is 163 Å². The SMILES string of the molecule is COc1cc(OC)cc(N2C(=O)[C@@H]3C[C@@H](NC(=O)NC(C)C)CCN3C2=O)c1. The molecule has 2 aliphatic heterocycles. The molecule has 2 heterocycles. The molecule has 152 valence electrons. The summed E-state index contributed by atoms with van der Waals surface area (Å²) >= 11 is 0. The van der Waals surface area contributed by atoms with Crippen LogP contribution in [0.4, 0.5) is 15.3 Å². The molecule has 0 bridgehead atoms. The highest BCUT2D eigenvalue weighted by molar-refractivity contribution is 6.21. The molecule has 2 N–H and O–H groups in total. The lowest BCUT2D eigenvalue weighted by molar-refractivity contribution is -0.120. The van der Waals surface area contributed by atoms with E-state index in [9.17, 15) is 14.4 Å². The third-order valence-electron chi connectivity index (χ3n) is 4.89. The van der Waals surface area contributed by atoms with E-state index in [4.69, 9.17) is 9.47 Å². The zero-order valence-corrected chi connectivity index (χ0v) is 16.5. The Kier molecular flexibility index (Phi) is 5.62. The number of hydrogen-bond donors (Lipinski definition) is 2. The number of ether oxygens (including phenoxy) is 2. The monoisotopic (exact) mass is 390 g/mol. The van der Waals surface area contributed by atoms with Gasteiger partial charge in [0.1, 0.15) is 17.5 Å². The summed E-state index contributed by atoms with van der Waals surface area (Å²) in [4.78, 5) is 40.6. The smallest absolute Gasteiger partial charge is 0.332 e. The lowest BCUT2D eigenvalue weighted by Crippen LogP contribution is -2.52. The van der Waals surface area contributed by atoms with Crippen molar-refractivity contribution < 1.29 is 23.9 Å². The van der Waals surface area contributed by atoms with Gasteiger partial charge in [-0.3, -0.25) is 4.79 Å². The second-order valence-corrected chi connectivity index (χ2v) is 7.23. The lowest BCUT2D eigenvalue weighted by atomic mass is 9.98. The Morgan fingerprint density at radius 2 is 1.79 bits per heavy atom. The van der Waals surface area contributed by atoms with Crippen LogP contribution in [0.2, 0.25) is 0 Å². The van der Waals surface area contributed by atoms with Gasteiger partial charge < -0.3 is 25.0 Å². The maximum atomic E-state index is 13.0. The standard InChI is InChI=1S/C19H26N4O5/c1-11(2)20-18(25)21-12-5-6-22-16(7-12)17(24)23(19(22)26)13-8-14(27-3)10-15(9-13)28-4/h8-12,16H,5-7H2,1-4H3,(H2,20,21,25)/t12-,16-/m0/s1. The fourth-order valence-corrected chi connectivity index (χ4v) is 3.58. The van der Waals surface area contributed by atoms with E-state index in [-0.39, 0.29) is 30.1 Å². The minimum atomic E-state index is -0.595. The van der Waals surface area contributed by atoms with E-state index in [1.807, 2.05) is 13.8 Å². The van der Waals surface area contributed by atoms with E-state index in [1.54, 1.807) is 23.1 Å². The molecule has 2 saturated heterocycles. The van der Waals surface area contributed by atoms with Crippen LogP contribution in [-0.2, 0) is 4.79 Å². The number of carbonyl (C=O) groups is 3. The Bertz CT molecular complexity index is 759. The molecule has 2 atom stereocenters. The van der Waals surface area contributed by atoms with Crippen LogP contribution in [0.5, 0.6) is 11.5 Å². The van der Waals surface area contributed by atoms with E-state index >= 15 is 0 Å². The number of nitrogens with one attached hydrogen (secondary N) is 2. The van der Waals surface area contributed by atoms with Crippen LogP contribution in [0.3, 0.4) is 0 Å². The lowest BCUT2D eigenvalue weighted by Gasteiger charge is -2.32. The Balaban J connectivity index is 1.78. The van der Waals surface area contributed by atoms with E-state index < -0.39 is 6.04 Å².